The molecule has 19 heavy (non-hydrogen) atoms. The van der Waals surface area contributed by atoms with Crippen molar-refractivity contribution < 1.29 is 4.74 Å². The van der Waals surface area contributed by atoms with Gasteiger partial charge in [-0.3, -0.25) is 0 Å². The van der Waals surface area contributed by atoms with Crippen molar-refractivity contribution in [3.05, 3.63) is 45.3 Å². The third-order valence-corrected chi connectivity index (χ3v) is 3.52. The number of rotatable bonds is 4. The molecule has 6 heteroatoms. The molecule has 0 fully saturated rings. The monoisotopic (exact) mass is 316 g/mol. The second kappa shape index (κ2) is 6.42. The number of halogens is 3. The summed E-state index contributed by atoms with van der Waals surface area (Å²) in [7, 11) is 0. The summed E-state index contributed by atoms with van der Waals surface area (Å²) in [4.78, 5) is 8.07. The van der Waals surface area contributed by atoms with Gasteiger partial charge >= 0.3 is 0 Å². The highest BCUT2D eigenvalue weighted by Crippen LogP contribution is 2.31. The normalized spacial score (nSPS) is 10.5. The fraction of sp³-hybridized carbons (Fsp3) is 0.231. The largest absolute Gasteiger partial charge is 0.439 e. The van der Waals surface area contributed by atoms with E-state index >= 15 is 0 Å². The molecule has 2 rings (SSSR count). The van der Waals surface area contributed by atoms with Gasteiger partial charge in [-0.1, -0.05) is 48.1 Å². The number of aromatic nitrogens is 2. The molecule has 0 saturated heterocycles. The van der Waals surface area contributed by atoms with Gasteiger partial charge in [-0.25, -0.2) is 9.97 Å². The summed E-state index contributed by atoms with van der Waals surface area (Å²) < 4.78 is 5.70. The van der Waals surface area contributed by atoms with Crippen LogP contribution in [0.15, 0.2) is 24.5 Å². The molecular formula is C13H11Cl3N2O. The lowest BCUT2D eigenvalue weighted by molar-refractivity contribution is 0.454. The predicted molar refractivity (Wildman–Crippen MR) is 77.6 cm³/mol. The number of hydrogen-bond donors (Lipinski definition) is 0. The van der Waals surface area contributed by atoms with Crippen LogP contribution in [0.2, 0.25) is 15.2 Å². The van der Waals surface area contributed by atoms with E-state index in [0.29, 0.717) is 26.8 Å². The van der Waals surface area contributed by atoms with E-state index < -0.39 is 0 Å². The Morgan fingerprint density at radius 2 is 1.89 bits per heavy atom. The van der Waals surface area contributed by atoms with Gasteiger partial charge < -0.3 is 4.74 Å². The molecular weight excluding hydrogens is 307 g/mol. The summed E-state index contributed by atoms with van der Waals surface area (Å²) >= 11 is 17.8. The SMILES string of the molecule is CCCc1c(Cl)ncnc1Oc1ccc(Cl)c(Cl)c1. The maximum absolute atomic E-state index is 6.05. The van der Waals surface area contributed by atoms with Gasteiger partial charge in [0.1, 0.15) is 17.2 Å². The zero-order chi connectivity index (χ0) is 13.8. The molecule has 0 bridgehead atoms. The minimum atomic E-state index is 0.409. The maximum Gasteiger partial charge on any atom is 0.227 e. The van der Waals surface area contributed by atoms with Gasteiger partial charge in [0.15, 0.2) is 0 Å². The van der Waals surface area contributed by atoms with Crippen LogP contribution in [0.1, 0.15) is 18.9 Å². The van der Waals surface area contributed by atoms with Crippen molar-refractivity contribution >= 4 is 34.8 Å². The zero-order valence-corrected chi connectivity index (χ0v) is 12.4. The second-order valence-electron chi connectivity index (χ2n) is 3.88. The first-order chi connectivity index (χ1) is 9.11. The van der Waals surface area contributed by atoms with Crippen molar-refractivity contribution in [1.29, 1.82) is 0 Å². The molecule has 100 valence electrons. The molecule has 1 aromatic carbocycles. The van der Waals surface area contributed by atoms with Crippen LogP contribution in [-0.4, -0.2) is 9.97 Å². The van der Waals surface area contributed by atoms with Gasteiger partial charge in [-0.15, -0.1) is 0 Å². The number of nitrogens with zero attached hydrogens (tertiary/aromatic N) is 2. The second-order valence-corrected chi connectivity index (χ2v) is 5.05. The number of hydrogen-bond acceptors (Lipinski definition) is 3. The molecule has 0 spiro atoms. The van der Waals surface area contributed by atoms with Crippen molar-refractivity contribution in [3.63, 3.8) is 0 Å². The van der Waals surface area contributed by atoms with Crippen LogP contribution in [0, 0.1) is 0 Å². The highest BCUT2D eigenvalue weighted by Gasteiger charge is 2.12. The van der Waals surface area contributed by atoms with E-state index in [1.165, 1.54) is 6.33 Å². The van der Waals surface area contributed by atoms with Crippen LogP contribution in [0.4, 0.5) is 0 Å². The van der Waals surface area contributed by atoms with Gasteiger partial charge in [0.05, 0.1) is 15.6 Å². The molecule has 1 aromatic heterocycles. The fourth-order valence-corrected chi connectivity index (χ4v) is 2.08. The van der Waals surface area contributed by atoms with Crippen LogP contribution in [0.5, 0.6) is 11.6 Å². The molecule has 2 aromatic rings. The van der Waals surface area contributed by atoms with Crippen LogP contribution in [-0.2, 0) is 6.42 Å². The van der Waals surface area contributed by atoms with Crippen molar-refractivity contribution in [1.82, 2.24) is 9.97 Å². The smallest absolute Gasteiger partial charge is 0.227 e. The van der Waals surface area contributed by atoms with Gasteiger partial charge in [-0.05, 0) is 18.6 Å². The van der Waals surface area contributed by atoms with E-state index in [2.05, 4.69) is 9.97 Å². The van der Waals surface area contributed by atoms with Crippen LogP contribution >= 0.6 is 34.8 Å². The molecule has 1 heterocycles. The summed E-state index contributed by atoms with van der Waals surface area (Å²) in [5.41, 5.74) is 0.790. The lowest BCUT2D eigenvalue weighted by Crippen LogP contribution is -1.97. The van der Waals surface area contributed by atoms with Crippen molar-refractivity contribution in [2.45, 2.75) is 19.8 Å². The Morgan fingerprint density at radius 3 is 2.58 bits per heavy atom. The fourth-order valence-electron chi connectivity index (χ4n) is 1.58. The van der Waals surface area contributed by atoms with Crippen LogP contribution in [0.25, 0.3) is 0 Å². The quantitative estimate of drug-likeness (QED) is 0.729. The topological polar surface area (TPSA) is 35.0 Å². The molecule has 3 nitrogen and oxygen atoms in total. The highest BCUT2D eigenvalue weighted by molar-refractivity contribution is 6.42. The average Bonchev–Trinajstić information content (AvgIpc) is 2.38. The van der Waals surface area contributed by atoms with E-state index in [1.54, 1.807) is 18.2 Å². The van der Waals surface area contributed by atoms with E-state index in [0.717, 1.165) is 18.4 Å². The Kier molecular flexibility index (Phi) is 4.86. The first kappa shape index (κ1) is 14.4. The molecule has 0 radical (unpaired) electrons. The summed E-state index contributed by atoms with van der Waals surface area (Å²) in [6.07, 6.45) is 3.04. The van der Waals surface area contributed by atoms with Gasteiger partial charge in [-0.2, -0.15) is 0 Å². The zero-order valence-electron chi connectivity index (χ0n) is 10.2. The Balaban J connectivity index is 2.32. The van der Waals surface area contributed by atoms with E-state index in [-0.39, 0.29) is 0 Å². The molecule has 0 aliphatic heterocycles. The molecule has 0 atom stereocenters. The average molecular weight is 318 g/mol. The van der Waals surface area contributed by atoms with Crippen molar-refractivity contribution in [3.8, 4) is 11.6 Å². The Bertz CT molecular complexity index is 590. The summed E-state index contributed by atoms with van der Waals surface area (Å²) in [6, 6.07) is 5.02. The molecule has 0 amide bonds. The maximum atomic E-state index is 6.05. The van der Waals surface area contributed by atoms with E-state index in [9.17, 15) is 0 Å². The number of ether oxygens (including phenoxy) is 1. The lowest BCUT2D eigenvalue weighted by Gasteiger charge is -2.10. The summed E-state index contributed by atoms with van der Waals surface area (Å²) in [5, 5.41) is 1.31. The lowest BCUT2D eigenvalue weighted by atomic mass is 10.2. The standard InChI is InChI=1S/C13H11Cl3N2O/c1-2-3-9-12(16)17-7-18-13(9)19-8-4-5-10(14)11(15)6-8/h4-7H,2-3H2,1H3. The van der Waals surface area contributed by atoms with Crippen LogP contribution < -0.4 is 4.74 Å². The Hall–Kier alpha value is -1.03. The van der Waals surface area contributed by atoms with Crippen LogP contribution in [0.3, 0.4) is 0 Å². The van der Waals surface area contributed by atoms with Gasteiger partial charge in [0.2, 0.25) is 5.88 Å². The first-order valence-electron chi connectivity index (χ1n) is 5.74. The molecule has 0 unspecified atom stereocenters. The summed E-state index contributed by atoms with van der Waals surface area (Å²) in [6.45, 7) is 2.05. The minimum absolute atomic E-state index is 0.409. The molecule has 0 saturated carbocycles. The molecule has 0 aliphatic carbocycles. The molecule has 0 N–H and O–H groups in total. The predicted octanol–water partition coefficient (Wildman–Crippen LogP) is 5.18. The third kappa shape index (κ3) is 3.50. The summed E-state index contributed by atoms with van der Waals surface area (Å²) in [5.74, 6) is 1.00. The molecule has 0 aliphatic rings. The van der Waals surface area contributed by atoms with Gasteiger partial charge in [0.25, 0.3) is 0 Å². The minimum Gasteiger partial charge on any atom is -0.439 e. The van der Waals surface area contributed by atoms with E-state index in [1.807, 2.05) is 6.92 Å². The third-order valence-electron chi connectivity index (χ3n) is 2.46. The Morgan fingerprint density at radius 1 is 1.11 bits per heavy atom. The Labute approximate surface area is 126 Å². The number of benzene rings is 1. The first-order valence-corrected chi connectivity index (χ1v) is 6.87. The highest BCUT2D eigenvalue weighted by atomic mass is 35.5. The van der Waals surface area contributed by atoms with Gasteiger partial charge in [0, 0.05) is 6.07 Å². The van der Waals surface area contributed by atoms with Crippen molar-refractivity contribution in [2.24, 2.45) is 0 Å². The van der Waals surface area contributed by atoms with Crippen molar-refractivity contribution in [2.75, 3.05) is 0 Å². The van der Waals surface area contributed by atoms with E-state index in [4.69, 9.17) is 39.5 Å².